The van der Waals surface area contributed by atoms with Crippen LogP contribution in [0.3, 0.4) is 0 Å². The van der Waals surface area contributed by atoms with Crippen molar-refractivity contribution in [3.63, 3.8) is 0 Å². The van der Waals surface area contributed by atoms with Crippen LogP contribution < -0.4 is 4.90 Å². The number of carbonyl (C=O) groups is 4. The molecular formula is C55H81N3O11. The highest BCUT2D eigenvalue weighted by atomic mass is 16.7. The van der Waals surface area contributed by atoms with E-state index in [1.165, 1.54) is 24.6 Å². The highest BCUT2D eigenvalue weighted by Crippen LogP contribution is 2.40. The molecule has 14 atom stereocenters. The molecule has 6 rings (SSSR count). The maximum atomic E-state index is 14.6. The van der Waals surface area contributed by atoms with Crippen LogP contribution in [0.1, 0.15) is 119 Å². The molecular weight excluding hydrogens is 879 g/mol. The molecule has 14 nitrogen and oxygen atoms in total. The van der Waals surface area contributed by atoms with E-state index in [2.05, 4.69) is 53.4 Å². The zero-order valence-electron chi connectivity index (χ0n) is 42.7. The number of ketones is 2. The number of anilines is 1. The van der Waals surface area contributed by atoms with E-state index >= 15 is 0 Å². The Hall–Kier alpha value is -4.18. The van der Waals surface area contributed by atoms with Gasteiger partial charge in [-0.15, -0.1) is 6.58 Å². The van der Waals surface area contributed by atoms with Crippen molar-refractivity contribution in [1.82, 2.24) is 9.47 Å². The van der Waals surface area contributed by atoms with Crippen LogP contribution in [0.2, 0.25) is 0 Å². The minimum absolute atomic E-state index is 0.000291. The van der Waals surface area contributed by atoms with Gasteiger partial charge >= 0.3 is 5.97 Å². The first-order valence-electron chi connectivity index (χ1n) is 25.5. The number of amides is 1. The van der Waals surface area contributed by atoms with Crippen molar-refractivity contribution < 1.29 is 53.4 Å². The van der Waals surface area contributed by atoms with Crippen LogP contribution in [0, 0.1) is 29.6 Å². The molecule has 3 aliphatic heterocycles. The zero-order chi connectivity index (χ0) is 50.3. The van der Waals surface area contributed by atoms with Gasteiger partial charge in [-0.3, -0.25) is 14.4 Å². The number of piperidine rings is 1. The number of rotatable bonds is 10. The van der Waals surface area contributed by atoms with E-state index in [4.69, 9.17) is 18.9 Å². The number of cyclic esters (lactones) is 1. The lowest BCUT2D eigenvalue weighted by Gasteiger charge is -2.47. The number of benzene rings is 1. The van der Waals surface area contributed by atoms with Crippen molar-refractivity contribution in [2.45, 2.75) is 180 Å². The molecule has 1 saturated carbocycles. The summed E-state index contributed by atoms with van der Waals surface area (Å²) in [5.41, 5.74) is 3.81. The van der Waals surface area contributed by atoms with Gasteiger partial charge in [0.1, 0.15) is 24.0 Å². The van der Waals surface area contributed by atoms with Crippen molar-refractivity contribution in [3.05, 3.63) is 66.4 Å². The molecule has 1 aromatic heterocycles. The summed E-state index contributed by atoms with van der Waals surface area (Å²) < 4.78 is 26.7. The lowest BCUT2D eigenvalue weighted by atomic mass is 9.80. The Kier molecular flexibility index (Phi) is 18.7. The van der Waals surface area contributed by atoms with Crippen LogP contribution in [-0.2, 0) is 44.7 Å². The molecule has 1 aromatic carbocycles. The molecule has 3 fully saturated rings. The first-order chi connectivity index (χ1) is 32.8. The van der Waals surface area contributed by atoms with Gasteiger partial charge in [-0.05, 0) is 126 Å². The Balaban J connectivity index is 1.30. The lowest BCUT2D eigenvalue weighted by molar-refractivity contribution is -0.302. The second-order valence-corrected chi connectivity index (χ2v) is 20.9. The molecule has 2 bridgehead atoms. The molecule has 69 heavy (non-hydrogen) atoms. The van der Waals surface area contributed by atoms with Gasteiger partial charge in [0.25, 0.3) is 11.7 Å². The van der Waals surface area contributed by atoms with E-state index in [0.29, 0.717) is 50.5 Å². The van der Waals surface area contributed by atoms with E-state index in [-0.39, 0.29) is 49.5 Å². The number of Topliss-reactive ketones (excluding diaryl/α,β-unsaturated/α-hetero) is 2. The number of nitrogens with zero attached hydrogens (tertiary/aromatic N) is 3. The van der Waals surface area contributed by atoms with Crippen LogP contribution in [0.4, 0.5) is 5.69 Å². The molecule has 14 heteroatoms. The minimum Gasteiger partial charge on any atom is -0.456 e. The van der Waals surface area contributed by atoms with Crippen LogP contribution in [0.25, 0.3) is 10.9 Å². The van der Waals surface area contributed by atoms with E-state index < -0.39 is 83.9 Å². The summed E-state index contributed by atoms with van der Waals surface area (Å²) in [5.74, 6) is -7.91. The van der Waals surface area contributed by atoms with Gasteiger partial charge in [0, 0.05) is 81.3 Å². The summed E-state index contributed by atoms with van der Waals surface area (Å²) in [7, 11) is 5.09. The average Bonchev–Trinajstić information content (AvgIpc) is 3.73. The van der Waals surface area contributed by atoms with Crippen LogP contribution in [0.15, 0.2) is 66.4 Å². The summed E-state index contributed by atoms with van der Waals surface area (Å²) in [4.78, 5) is 60.9. The van der Waals surface area contributed by atoms with Crippen LogP contribution in [0.5, 0.6) is 0 Å². The second-order valence-electron chi connectivity index (χ2n) is 20.9. The minimum atomic E-state index is -2.52. The molecule has 4 aliphatic rings. The summed E-state index contributed by atoms with van der Waals surface area (Å²) in [6.07, 6.45) is 8.45. The normalized spacial score (nSPS) is 35.9. The van der Waals surface area contributed by atoms with Gasteiger partial charge in [0.05, 0.1) is 30.5 Å². The lowest BCUT2D eigenvalue weighted by Crippen LogP contribution is -2.64. The number of aliphatic hydroxyl groups excluding tert-OH is 2. The van der Waals surface area contributed by atoms with Gasteiger partial charge in [0.15, 0.2) is 0 Å². The van der Waals surface area contributed by atoms with E-state index in [1.54, 1.807) is 19.9 Å². The van der Waals surface area contributed by atoms with E-state index in [0.717, 1.165) is 36.0 Å². The van der Waals surface area contributed by atoms with Gasteiger partial charge < -0.3 is 48.6 Å². The van der Waals surface area contributed by atoms with Gasteiger partial charge in [-0.25, -0.2) is 4.79 Å². The predicted molar refractivity (Wildman–Crippen MR) is 266 cm³/mol. The van der Waals surface area contributed by atoms with E-state index in [1.807, 2.05) is 40.0 Å². The Labute approximate surface area is 410 Å². The maximum absolute atomic E-state index is 14.6. The number of hydrogen-bond donors (Lipinski definition) is 3. The number of aryl methyl sites for hydroxylation is 1. The number of hydrogen-bond acceptors (Lipinski definition) is 12. The molecule has 0 spiro atoms. The molecule has 2 aromatic rings. The largest absolute Gasteiger partial charge is 0.456 e. The first kappa shape index (κ1) is 54.2. The van der Waals surface area contributed by atoms with Crippen molar-refractivity contribution >= 4 is 40.0 Å². The number of carbonyl (C=O) groups excluding carboxylic acids is 4. The summed E-state index contributed by atoms with van der Waals surface area (Å²) in [6, 6.07) is 7.26. The van der Waals surface area contributed by atoms with Gasteiger partial charge in [-0.2, -0.15) is 0 Å². The third kappa shape index (κ3) is 12.3. The Morgan fingerprint density at radius 1 is 0.971 bits per heavy atom. The third-order valence-electron chi connectivity index (χ3n) is 15.7. The molecule has 14 unspecified atom stereocenters. The average molecular weight is 960 g/mol. The first-order valence-corrected chi connectivity index (χ1v) is 25.5. The maximum Gasteiger partial charge on any atom is 0.329 e. The van der Waals surface area contributed by atoms with Crippen molar-refractivity contribution in [1.29, 1.82) is 0 Å². The number of likely N-dealkylation sites (N-methyl/N-ethyl adjacent to an activating group) is 1. The van der Waals surface area contributed by atoms with Gasteiger partial charge in [-0.1, -0.05) is 51.5 Å². The Morgan fingerprint density at radius 2 is 1.70 bits per heavy atom. The molecule has 1 aliphatic carbocycles. The quantitative estimate of drug-likeness (QED) is 0.122. The molecule has 2 saturated heterocycles. The molecule has 3 N–H and O–H groups in total. The van der Waals surface area contributed by atoms with Crippen molar-refractivity contribution in [2.75, 3.05) is 32.7 Å². The summed E-state index contributed by atoms with van der Waals surface area (Å²) in [6.45, 7) is 16.3. The number of methoxy groups -OCH3 is 2. The fourth-order valence-electron chi connectivity index (χ4n) is 11.7. The number of allylic oxidation sites excluding steroid dienone is 4. The molecule has 1 amide bonds. The monoisotopic (exact) mass is 960 g/mol. The topological polar surface area (TPSA) is 177 Å². The van der Waals surface area contributed by atoms with Gasteiger partial charge in [0.2, 0.25) is 5.79 Å². The van der Waals surface area contributed by atoms with Crippen LogP contribution in [-0.4, -0.2) is 131 Å². The van der Waals surface area contributed by atoms with Crippen LogP contribution >= 0.6 is 0 Å². The number of aromatic nitrogens is 1. The number of aliphatic hydroxyl groups is 3. The fraction of sp³-hybridized carbons (Fsp3) is 0.673. The Morgan fingerprint density at radius 3 is 2.38 bits per heavy atom. The molecule has 0 radical (unpaired) electrons. The second kappa shape index (κ2) is 23.8. The Bertz CT molecular complexity index is 2180. The zero-order valence-corrected chi connectivity index (χ0v) is 42.7. The summed E-state index contributed by atoms with van der Waals surface area (Å²) >= 11 is 0. The molecule has 4 heterocycles. The SMILES string of the molecule is C=CCC1/C=C(\C)CC(C)CC(OC)C2OC(O)(C(=O)C(=O)N3CCCCC3C(=O)OC(C(C)=CC3CCC(N(C)c4ccc5c(ccn5CCC)c4)C(O)C3)C(C)C(O)CC1=O)C(C)CC2OC. The standard InChI is InChI=1S/C55H81N3O11/c1-11-15-40-26-33(3)25-34(4)27-48(66-9)51-49(67-10)29-36(6)55(65,69-51)52(62)53(63)58-23-14-13-16-44(58)54(64)68-50(37(7)45(59)32-46(40)60)35(5)28-38-17-19-43(47(61)30-38)56(8)41-18-20-42-39(31-41)21-24-57(42)22-12-2/h11,18,20-21,24,26,28,31,34,36-38,40,43-45,47-51,59,61,65H,1,12-17,19,22-23,25,27,29-30,32H2,2-10H3/b33-26+,35-28?. The molecule has 382 valence electrons. The summed E-state index contributed by atoms with van der Waals surface area (Å²) in [5, 5.41) is 36.9. The fourth-order valence-corrected chi connectivity index (χ4v) is 11.7. The number of fused-ring (bicyclic) bond motifs is 4. The smallest absolute Gasteiger partial charge is 0.329 e. The highest BCUT2D eigenvalue weighted by molar-refractivity contribution is 6.39. The third-order valence-corrected chi connectivity index (χ3v) is 15.7. The predicted octanol–water partition coefficient (Wildman–Crippen LogP) is 7.49. The number of esters is 1. The number of ether oxygens (including phenoxy) is 4. The highest BCUT2D eigenvalue weighted by Gasteiger charge is 2.56. The van der Waals surface area contributed by atoms with Crippen molar-refractivity contribution in [3.8, 4) is 0 Å². The van der Waals surface area contributed by atoms with E-state index in [9.17, 15) is 34.5 Å². The van der Waals surface area contributed by atoms with Crippen molar-refractivity contribution in [2.24, 2.45) is 29.6 Å².